The fourth-order valence-electron chi connectivity index (χ4n) is 1.78. The highest BCUT2D eigenvalue weighted by molar-refractivity contribution is 7.98. The minimum absolute atomic E-state index is 0.0947. The molecule has 0 aliphatic carbocycles. The van der Waals surface area contributed by atoms with Crippen molar-refractivity contribution in [2.75, 3.05) is 32.1 Å². The molecule has 0 saturated heterocycles. The number of nitrogens with two attached hydrogens (primary N) is 1. The van der Waals surface area contributed by atoms with Crippen molar-refractivity contribution in [3.8, 4) is 0 Å². The third-order valence-corrected chi connectivity index (χ3v) is 3.57. The predicted molar refractivity (Wildman–Crippen MR) is 73.9 cm³/mol. The van der Waals surface area contributed by atoms with Gasteiger partial charge in [0.15, 0.2) is 0 Å². The largest absolute Gasteiger partial charge is 0.329 e. The molecule has 0 saturated carbocycles. The molecule has 0 amide bonds. The van der Waals surface area contributed by atoms with Gasteiger partial charge in [0.2, 0.25) is 0 Å². The van der Waals surface area contributed by atoms with Crippen LogP contribution in [0.2, 0.25) is 0 Å². The summed E-state index contributed by atoms with van der Waals surface area (Å²) in [5.41, 5.74) is 7.43. The maximum absolute atomic E-state index is 13.5. The van der Waals surface area contributed by atoms with Crippen LogP contribution in [0.25, 0.3) is 0 Å². The molecular weight excluding hydrogens is 235 g/mol. The molecule has 2 N–H and O–H groups in total. The Morgan fingerprint density at radius 1 is 1.47 bits per heavy atom. The van der Waals surface area contributed by atoms with E-state index in [0.29, 0.717) is 12.1 Å². The average molecular weight is 256 g/mol. The molecule has 0 aliphatic rings. The lowest BCUT2D eigenvalue weighted by Crippen LogP contribution is -2.32. The molecule has 0 heterocycles. The first kappa shape index (κ1) is 14.5. The van der Waals surface area contributed by atoms with Gasteiger partial charge in [0.25, 0.3) is 0 Å². The highest BCUT2D eigenvalue weighted by Gasteiger charge is 2.15. The monoisotopic (exact) mass is 256 g/mol. The Bertz CT molecular complexity index is 357. The van der Waals surface area contributed by atoms with E-state index in [2.05, 4.69) is 11.2 Å². The Morgan fingerprint density at radius 3 is 2.71 bits per heavy atom. The lowest BCUT2D eigenvalue weighted by atomic mass is 10.0. The SMILES string of the molecule is CSCCN(C)C(CN)c1ccc(C)c(F)c1. The fraction of sp³-hybridized carbons (Fsp3) is 0.538. The molecule has 1 atom stereocenters. The highest BCUT2D eigenvalue weighted by atomic mass is 32.2. The predicted octanol–water partition coefficient (Wildman–Crippen LogP) is 2.43. The second-order valence-corrected chi connectivity index (χ2v) is 5.22. The minimum Gasteiger partial charge on any atom is -0.329 e. The van der Waals surface area contributed by atoms with Crippen LogP contribution in [-0.4, -0.2) is 37.0 Å². The first-order valence-electron chi connectivity index (χ1n) is 5.75. The molecule has 1 rings (SSSR count). The summed E-state index contributed by atoms with van der Waals surface area (Å²) in [4.78, 5) is 2.18. The second-order valence-electron chi connectivity index (χ2n) is 4.23. The Hall–Kier alpha value is -0.580. The molecule has 1 aromatic rings. The van der Waals surface area contributed by atoms with Crippen LogP contribution in [-0.2, 0) is 0 Å². The first-order chi connectivity index (χ1) is 8.10. The zero-order valence-electron chi connectivity index (χ0n) is 10.7. The number of benzene rings is 1. The molecule has 0 spiro atoms. The van der Waals surface area contributed by atoms with Crippen molar-refractivity contribution in [3.05, 3.63) is 35.1 Å². The molecule has 1 aromatic carbocycles. The summed E-state index contributed by atoms with van der Waals surface area (Å²) in [5.74, 6) is 0.903. The van der Waals surface area contributed by atoms with Crippen molar-refractivity contribution >= 4 is 11.8 Å². The van der Waals surface area contributed by atoms with Gasteiger partial charge >= 0.3 is 0 Å². The summed E-state index contributed by atoms with van der Waals surface area (Å²) in [6.07, 6.45) is 2.08. The molecule has 1 unspecified atom stereocenters. The van der Waals surface area contributed by atoms with Gasteiger partial charge in [-0.05, 0) is 37.4 Å². The van der Waals surface area contributed by atoms with Crippen LogP contribution in [0.1, 0.15) is 17.2 Å². The van der Waals surface area contributed by atoms with Crippen molar-refractivity contribution in [1.82, 2.24) is 4.90 Å². The van der Waals surface area contributed by atoms with Crippen molar-refractivity contribution < 1.29 is 4.39 Å². The van der Waals surface area contributed by atoms with E-state index in [4.69, 9.17) is 5.73 Å². The zero-order valence-corrected chi connectivity index (χ0v) is 11.6. The number of likely N-dealkylation sites (N-methyl/N-ethyl adjacent to an activating group) is 1. The third-order valence-electron chi connectivity index (χ3n) is 2.98. The summed E-state index contributed by atoms with van der Waals surface area (Å²) in [6.45, 7) is 3.24. The number of aryl methyl sites for hydroxylation is 1. The van der Waals surface area contributed by atoms with E-state index in [9.17, 15) is 4.39 Å². The number of rotatable bonds is 6. The normalized spacial score (nSPS) is 13.1. The number of thioether (sulfide) groups is 1. The van der Waals surface area contributed by atoms with E-state index in [0.717, 1.165) is 17.9 Å². The van der Waals surface area contributed by atoms with E-state index >= 15 is 0 Å². The van der Waals surface area contributed by atoms with E-state index in [-0.39, 0.29) is 11.9 Å². The molecule has 0 aromatic heterocycles. The first-order valence-corrected chi connectivity index (χ1v) is 7.14. The number of hydrogen-bond donors (Lipinski definition) is 1. The van der Waals surface area contributed by atoms with Crippen LogP contribution in [0.3, 0.4) is 0 Å². The molecule has 0 aliphatic heterocycles. The van der Waals surface area contributed by atoms with E-state index in [1.165, 1.54) is 0 Å². The average Bonchev–Trinajstić information content (AvgIpc) is 2.32. The van der Waals surface area contributed by atoms with Gasteiger partial charge in [-0.3, -0.25) is 4.90 Å². The maximum Gasteiger partial charge on any atom is 0.126 e. The van der Waals surface area contributed by atoms with Crippen LogP contribution in [0.4, 0.5) is 4.39 Å². The van der Waals surface area contributed by atoms with Gasteiger partial charge in [-0.25, -0.2) is 4.39 Å². The smallest absolute Gasteiger partial charge is 0.126 e. The van der Waals surface area contributed by atoms with E-state index < -0.39 is 0 Å². The molecule has 17 heavy (non-hydrogen) atoms. The van der Waals surface area contributed by atoms with Gasteiger partial charge < -0.3 is 5.73 Å². The Balaban J connectivity index is 2.81. The van der Waals surface area contributed by atoms with Gasteiger partial charge in [-0.15, -0.1) is 0 Å². The van der Waals surface area contributed by atoms with Crippen molar-refractivity contribution in [3.63, 3.8) is 0 Å². The lowest BCUT2D eigenvalue weighted by molar-refractivity contribution is 0.265. The lowest BCUT2D eigenvalue weighted by Gasteiger charge is -2.27. The van der Waals surface area contributed by atoms with E-state index in [1.54, 1.807) is 24.8 Å². The van der Waals surface area contributed by atoms with Crippen LogP contribution >= 0.6 is 11.8 Å². The molecule has 96 valence electrons. The third kappa shape index (κ3) is 3.98. The van der Waals surface area contributed by atoms with Crippen LogP contribution in [0.15, 0.2) is 18.2 Å². The number of nitrogens with zero attached hydrogens (tertiary/aromatic N) is 1. The quantitative estimate of drug-likeness (QED) is 0.847. The highest BCUT2D eigenvalue weighted by Crippen LogP contribution is 2.20. The minimum atomic E-state index is -0.154. The fourth-order valence-corrected chi connectivity index (χ4v) is 2.25. The zero-order chi connectivity index (χ0) is 12.8. The van der Waals surface area contributed by atoms with Gasteiger partial charge in [-0.2, -0.15) is 11.8 Å². The molecule has 0 radical (unpaired) electrons. The summed E-state index contributed by atoms with van der Waals surface area (Å²) in [7, 11) is 2.03. The number of halogens is 1. The van der Waals surface area contributed by atoms with Gasteiger partial charge in [0, 0.05) is 24.9 Å². The standard InChI is InChI=1S/C13H21FN2S/c1-10-4-5-11(8-12(10)14)13(9-15)16(2)6-7-17-3/h4-5,8,13H,6-7,9,15H2,1-3H3. The number of hydrogen-bond acceptors (Lipinski definition) is 3. The Morgan fingerprint density at radius 2 is 2.18 bits per heavy atom. The van der Waals surface area contributed by atoms with Crippen LogP contribution in [0.5, 0.6) is 0 Å². The molecule has 4 heteroatoms. The second kappa shape index (κ2) is 6.99. The van der Waals surface area contributed by atoms with Gasteiger partial charge in [-0.1, -0.05) is 12.1 Å². The molecule has 0 bridgehead atoms. The van der Waals surface area contributed by atoms with Crippen LogP contribution < -0.4 is 5.73 Å². The molecule has 2 nitrogen and oxygen atoms in total. The van der Waals surface area contributed by atoms with E-state index in [1.807, 2.05) is 19.2 Å². The Kier molecular flexibility index (Phi) is 5.95. The Labute approximate surface area is 107 Å². The molecular formula is C13H21FN2S. The summed E-state index contributed by atoms with van der Waals surface area (Å²) in [5, 5.41) is 0. The van der Waals surface area contributed by atoms with Crippen molar-refractivity contribution in [2.45, 2.75) is 13.0 Å². The summed E-state index contributed by atoms with van der Waals surface area (Å²) >= 11 is 1.80. The topological polar surface area (TPSA) is 29.3 Å². The van der Waals surface area contributed by atoms with Gasteiger partial charge in [0.1, 0.15) is 5.82 Å². The van der Waals surface area contributed by atoms with Gasteiger partial charge in [0.05, 0.1) is 0 Å². The maximum atomic E-state index is 13.5. The summed E-state index contributed by atoms with van der Waals surface area (Å²) < 4.78 is 13.5. The van der Waals surface area contributed by atoms with Crippen molar-refractivity contribution in [2.24, 2.45) is 5.73 Å². The summed E-state index contributed by atoms with van der Waals surface area (Å²) in [6, 6.07) is 5.47. The van der Waals surface area contributed by atoms with Crippen molar-refractivity contribution in [1.29, 1.82) is 0 Å². The molecule has 0 fully saturated rings. The van der Waals surface area contributed by atoms with Crippen LogP contribution in [0, 0.1) is 12.7 Å².